The zero-order valence-corrected chi connectivity index (χ0v) is 20.8. The molecule has 0 saturated heterocycles. The molecule has 6 nitrogen and oxygen atoms in total. The van der Waals surface area contributed by atoms with Gasteiger partial charge in [0.2, 0.25) is 0 Å². The number of hydrazone groups is 1. The minimum absolute atomic E-state index is 0.334. The van der Waals surface area contributed by atoms with Crippen molar-refractivity contribution in [3.05, 3.63) is 83.6 Å². The number of imidazole rings is 1. The number of halogens is 4. The molecule has 0 unspecified atom stereocenters. The van der Waals surface area contributed by atoms with E-state index >= 15 is 0 Å². The highest BCUT2D eigenvalue weighted by atomic mass is 35.5. The Morgan fingerprint density at radius 3 is 2.46 bits per heavy atom. The largest absolute Gasteiger partial charge is 0.430 e. The van der Waals surface area contributed by atoms with Crippen LogP contribution in [0.5, 0.6) is 0 Å². The van der Waals surface area contributed by atoms with Crippen LogP contribution >= 0.6 is 11.6 Å². The smallest absolute Gasteiger partial charge is 0.301 e. The van der Waals surface area contributed by atoms with Crippen LogP contribution in [0.1, 0.15) is 12.6 Å². The summed E-state index contributed by atoms with van der Waals surface area (Å²) in [6, 6.07) is 21.7. The van der Waals surface area contributed by atoms with Crippen molar-refractivity contribution in [2.24, 2.45) is 10.1 Å². The predicted octanol–water partition coefficient (Wildman–Crippen LogP) is 6.06. The Hall–Kier alpha value is -3.69. The van der Waals surface area contributed by atoms with Gasteiger partial charge in [0, 0.05) is 29.9 Å². The summed E-state index contributed by atoms with van der Waals surface area (Å²) in [5.41, 5.74) is 7.20. The van der Waals surface area contributed by atoms with Gasteiger partial charge in [-0.25, -0.2) is 4.98 Å². The van der Waals surface area contributed by atoms with Gasteiger partial charge in [0.25, 0.3) is 0 Å². The van der Waals surface area contributed by atoms with Gasteiger partial charge in [0.15, 0.2) is 0 Å². The quantitative estimate of drug-likeness (QED) is 0.255. The maximum Gasteiger partial charge on any atom is 0.430 e. The minimum atomic E-state index is -4.48. The summed E-state index contributed by atoms with van der Waals surface area (Å²) < 4.78 is 40.6. The molecule has 1 aliphatic rings. The summed E-state index contributed by atoms with van der Waals surface area (Å²) in [6.07, 6.45) is -2.41. The van der Waals surface area contributed by atoms with E-state index in [-0.39, 0.29) is 0 Å². The molecule has 2 aromatic carbocycles. The lowest BCUT2D eigenvalue weighted by Gasteiger charge is -2.26. The molecule has 3 heterocycles. The van der Waals surface area contributed by atoms with Crippen LogP contribution in [-0.4, -0.2) is 51.6 Å². The van der Waals surface area contributed by atoms with Crippen LogP contribution in [0.3, 0.4) is 0 Å². The summed E-state index contributed by atoms with van der Waals surface area (Å²) in [7, 11) is 0. The Kier molecular flexibility index (Phi) is 6.99. The molecule has 0 radical (unpaired) electrons. The van der Waals surface area contributed by atoms with E-state index in [0.717, 1.165) is 40.6 Å². The van der Waals surface area contributed by atoms with Crippen molar-refractivity contribution < 1.29 is 13.2 Å². The topological polar surface area (TPSA) is 57.3 Å². The molecule has 5 rings (SSSR count). The third-order valence-electron chi connectivity index (χ3n) is 6.17. The molecule has 0 saturated carbocycles. The highest BCUT2D eigenvalue weighted by Gasteiger charge is 2.32. The molecule has 0 amide bonds. The lowest BCUT2D eigenvalue weighted by atomic mass is 10.1. The number of nitrogens with one attached hydrogen (secondary N) is 1. The SMILES string of the molecule is C/C(=N\NC1=NCCN(Cc2c(-c3ccc(Cl)cc3)nc3ccc(-c4ccccc4)cn23)C1)C(F)(F)F. The van der Waals surface area contributed by atoms with Crippen LogP contribution in [0.25, 0.3) is 28.0 Å². The summed E-state index contributed by atoms with van der Waals surface area (Å²) in [4.78, 5) is 11.4. The first-order chi connectivity index (χ1) is 17.8. The third-order valence-corrected chi connectivity index (χ3v) is 6.42. The number of benzene rings is 2. The second-order valence-electron chi connectivity index (χ2n) is 8.77. The molecule has 1 N–H and O–H groups in total. The van der Waals surface area contributed by atoms with Crippen LogP contribution < -0.4 is 5.43 Å². The molecular weight excluding hydrogens is 501 g/mol. The first kappa shape index (κ1) is 25.0. The number of alkyl halides is 3. The maximum absolute atomic E-state index is 12.8. The molecule has 190 valence electrons. The van der Waals surface area contributed by atoms with Gasteiger partial charge in [-0.15, -0.1) is 0 Å². The molecule has 10 heteroatoms. The van der Waals surface area contributed by atoms with Gasteiger partial charge < -0.3 is 4.40 Å². The van der Waals surface area contributed by atoms with Gasteiger partial charge in [0.1, 0.15) is 17.2 Å². The van der Waals surface area contributed by atoms with E-state index in [2.05, 4.69) is 43.1 Å². The van der Waals surface area contributed by atoms with E-state index in [9.17, 15) is 13.2 Å². The molecule has 1 aliphatic heterocycles. The number of pyridine rings is 1. The average molecular weight is 525 g/mol. The van der Waals surface area contributed by atoms with Crippen molar-refractivity contribution in [1.29, 1.82) is 0 Å². The second kappa shape index (κ2) is 10.4. The number of fused-ring (bicyclic) bond motifs is 1. The van der Waals surface area contributed by atoms with Gasteiger partial charge >= 0.3 is 6.18 Å². The fraction of sp³-hybridized carbons (Fsp3) is 0.222. The average Bonchev–Trinajstić information content (AvgIpc) is 3.25. The number of aromatic nitrogens is 2. The van der Waals surface area contributed by atoms with Crippen molar-refractivity contribution in [2.75, 3.05) is 19.6 Å². The summed E-state index contributed by atoms with van der Waals surface area (Å²) >= 11 is 6.12. The van der Waals surface area contributed by atoms with Gasteiger partial charge in [-0.1, -0.05) is 54.1 Å². The van der Waals surface area contributed by atoms with Gasteiger partial charge in [-0.05, 0) is 42.3 Å². The zero-order valence-electron chi connectivity index (χ0n) is 20.0. The van der Waals surface area contributed by atoms with E-state index in [0.29, 0.717) is 37.0 Å². The van der Waals surface area contributed by atoms with Crippen molar-refractivity contribution in [1.82, 2.24) is 19.7 Å². The molecular formula is C27H24ClF3N6. The normalized spacial score (nSPS) is 15.2. The van der Waals surface area contributed by atoms with Crippen LogP contribution in [0, 0.1) is 0 Å². The lowest BCUT2D eigenvalue weighted by Crippen LogP contribution is -2.41. The Morgan fingerprint density at radius 2 is 1.73 bits per heavy atom. The molecule has 0 spiro atoms. The first-order valence-electron chi connectivity index (χ1n) is 11.7. The summed E-state index contributed by atoms with van der Waals surface area (Å²) in [5.74, 6) is 0.390. The van der Waals surface area contributed by atoms with E-state index in [1.165, 1.54) is 0 Å². The molecule has 4 aromatic rings. The van der Waals surface area contributed by atoms with E-state index in [4.69, 9.17) is 16.6 Å². The van der Waals surface area contributed by atoms with Crippen LogP contribution in [0.15, 0.2) is 83.0 Å². The number of amidine groups is 1. The van der Waals surface area contributed by atoms with Crippen molar-refractivity contribution in [2.45, 2.75) is 19.6 Å². The van der Waals surface area contributed by atoms with E-state index in [1.54, 1.807) is 0 Å². The fourth-order valence-corrected chi connectivity index (χ4v) is 4.31. The highest BCUT2D eigenvalue weighted by molar-refractivity contribution is 6.30. The summed E-state index contributed by atoms with van der Waals surface area (Å²) in [6.45, 7) is 2.87. The molecule has 0 fully saturated rings. The number of hydrogen-bond donors (Lipinski definition) is 1. The van der Waals surface area contributed by atoms with Gasteiger partial charge in [-0.3, -0.25) is 15.3 Å². The van der Waals surface area contributed by atoms with Crippen molar-refractivity contribution >= 4 is 28.8 Å². The summed E-state index contributed by atoms with van der Waals surface area (Å²) in [5, 5.41) is 4.11. The van der Waals surface area contributed by atoms with Crippen LogP contribution in [0.2, 0.25) is 5.02 Å². The number of rotatable bonds is 5. The van der Waals surface area contributed by atoms with Crippen LogP contribution in [-0.2, 0) is 6.54 Å². The zero-order chi connectivity index (χ0) is 26.0. The number of aliphatic imine (C=N–C) groups is 1. The Balaban J connectivity index is 1.49. The van der Waals surface area contributed by atoms with E-state index < -0.39 is 11.9 Å². The minimum Gasteiger partial charge on any atom is -0.301 e. The van der Waals surface area contributed by atoms with E-state index in [1.807, 2.05) is 54.6 Å². The predicted molar refractivity (Wildman–Crippen MR) is 141 cm³/mol. The van der Waals surface area contributed by atoms with Crippen LogP contribution in [0.4, 0.5) is 13.2 Å². The van der Waals surface area contributed by atoms with Gasteiger partial charge in [-0.2, -0.15) is 18.3 Å². The monoisotopic (exact) mass is 524 g/mol. The van der Waals surface area contributed by atoms with Crippen molar-refractivity contribution in [3.8, 4) is 22.4 Å². The Bertz CT molecular complexity index is 1460. The Labute approximate surface area is 217 Å². The number of nitrogens with zero attached hydrogens (tertiary/aromatic N) is 5. The molecule has 2 aromatic heterocycles. The maximum atomic E-state index is 12.8. The highest BCUT2D eigenvalue weighted by Crippen LogP contribution is 2.29. The number of hydrogen-bond acceptors (Lipinski definition) is 5. The molecule has 37 heavy (non-hydrogen) atoms. The Morgan fingerprint density at radius 1 is 1.00 bits per heavy atom. The van der Waals surface area contributed by atoms with Gasteiger partial charge in [0.05, 0.1) is 24.5 Å². The standard InChI is InChI=1S/C27H24ClF3N6/c1-18(27(29,30)31)34-35-24-17-36(14-13-32-24)16-23-26(20-7-10-22(28)11-8-20)33-25-12-9-21(15-37(23)25)19-5-3-2-4-6-19/h2-12,15H,13-14,16-17H2,1H3,(H,32,35)/b34-18+. The van der Waals surface area contributed by atoms with Crippen molar-refractivity contribution in [3.63, 3.8) is 0 Å². The second-order valence-corrected chi connectivity index (χ2v) is 9.21. The molecule has 0 bridgehead atoms. The molecule has 0 aliphatic carbocycles. The molecule has 0 atom stereocenters. The third kappa shape index (κ3) is 5.68. The fourth-order valence-electron chi connectivity index (χ4n) is 4.18. The first-order valence-corrected chi connectivity index (χ1v) is 12.1. The lowest BCUT2D eigenvalue weighted by molar-refractivity contribution is -0.0595.